The summed E-state index contributed by atoms with van der Waals surface area (Å²) in [6.07, 6.45) is -7.46. The summed E-state index contributed by atoms with van der Waals surface area (Å²) in [6.45, 7) is -1.67. The quantitative estimate of drug-likeness (QED) is 0.166. The van der Waals surface area contributed by atoms with E-state index in [-0.39, 0.29) is 28.1 Å². The van der Waals surface area contributed by atoms with Crippen LogP contribution in [-0.2, 0) is 32.2 Å². The fraction of sp³-hybridized carbons (Fsp3) is 0.500. The maximum absolute atomic E-state index is 15.9. The Hall–Kier alpha value is -3.23. The Kier molecular flexibility index (Phi) is 6.74. The second-order valence-corrected chi connectivity index (χ2v) is 13.3. The summed E-state index contributed by atoms with van der Waals surface area (Å²) in [4.78, 5) is 55.9. The molecule has 0 spiro atoms. The number of nitrogens with one attached hydrogen (secondary N) is 1. The largest absolute Gasteiger partial charge is 0.472 e. The third-order valence-corrected chi connectivity index (χ3v) is 10.2. The minimum absolute atomic E-state index is 0.0108. The van der Waals surface area contributed by atoms with Crippen LogP contribution in [0.2, 0.25) is 0 Å². The van der Waals surface area contributed by atoms with Gasteiger partial charge in [0.15, 0.2) is 41.3 Å². The first kappa shape index (κ1) is 28.5. The first-order chi connectivity index (χ1) is 20.4. The van der Waals surface area contributed by atoms with E-state index in [1.54, 1.807) is 0 Å². The topological polar surface area (TPSA) is 274 Å². The van der Waals surface area contributed by atoms with Gasteiger partial charge < -0.3 is 39.6 Å². The van der Waals surface area contributed by atoms with Crippen molar-refractivity contribution in [2.45, 2.75) is 48.7 Å². The normalized spacial score (nSPS) is 38.6. The second kappa shape index (κ2) is 10.2. The van der Waals surface area contributed by atoms with Crippen LogP contribution in [-0.4, -0.2) is 103 Å². The number of anilines is 1. The van der Waals surface area contributed by atoms with Crippen LogP contribution in [0.1, 0.15) is 12.5 Å². The molecule has 230 valence electrons. The summed E-state index contributed by atoms with van der Waals surface area (Å²) in [7, 11) is -9.97. The summed E-state index contributed by atoms with van der Waals surface area (Å²) in [6, 6.07) is 0. The Labute approximate surface area is 237 Å². The number of phosphoric ester groups is 1. The average molecular weight is 645 g/mol. The molecule has 6 N–H and O–H groups in total. The Balaban J connectivity index is 1.24. The Bertz CT molecular complexity index is 1870. The number of aromatic amines is 1. The van der Waals surface area contributed by atoms with Gasteiger partial charge in [-0.2, -0.15) is 0 Å². The molecule has 3 aliphatic heterocycles. The van der Waals surface area contributed by atoms with Crippen molar-refractivity contribution in [3.8, 4) is 0 Å². The second-order valence-electron chi connectivity index (χ2n) is 9.89. The van der Waals surface area contributed by atoms with Gasteiger partial charge in [0.2, 0.25) is 0 Å². The van der Waals surface area contributed by atoms with E-state index in [9.17, 15) is 28.8 Å². The van der Waals surface area contributed by atoms with Gasteiger partial charge in [0.25, 0.3) is 5.56 Å². The molecule has 2 bridgehead atoms. The van der Waals surface area contributed by atoms with E-state index in [0.717, 1.165) is 23.5 Å². The Morgan fingerprint density at radius 3 is 2.42 bits per heavy atom. The number of nitrogens with zero attached hydrogens (tertiary/aromatic N) is 7. The zero-order valence-corrected chi connectivity index (χ0v) is 23.2. The fourth-order valence-electron chi connectivity index (χ4n) is 5.35. The minimum Gasteiger partial charge on any atom is -0.389 e. The Morgan fingerprint density at radius 2 is 1.63 bits per heavy atom. The van der Waals surface area contributed by atoms with Crippen molar-refractivity contribution in [3.63, 3.8) is 0 Å². The van der Waals surface area contributed by atoms with Crippen molar-refractivity contribution in [1.29, 1.82) is 0 Å². The summed E-state index contributed by atoms with van der Waals surface area (Å²) in [5.74, 6) is 0.0108. The van der Waals surface area contributed by atoms with Gasteiger partial charge in [0.05, 0.1) is 32.2 Å². The number of hydrogen-bond acceptors (Lipinski definition) is 15. The molecule has 23 heteroatoms. The fourth-order valence-corrected chi connectivity index (χ4v) is 7.96. The van der Waals surface area contributed by atoms with Crippen LogP contribution in [0.25, 0.3) is 22.3 Å². The summed E-state index contributed by atoms with van der Waals surface area (Å²) in [5, 5.41) is 11.1. The lowest BCUT2D eigenvalue weighted by Crippen LogP contribution is -2.38. The lowest BCUT2D eigenvalue weighted by atomic mass is 10.1. The average Bonchev–Trinajstić information content (AvgIpc) is 3.71. The van der Waals surface area contributed by atoms with Gasteiger partial charge in [-0.15, -0.1) is 0 Å². The SMILES string of the molecule is Nc1ncnc2c1ncn2C1OC2COP(=O)(O)O[C@@H]3C(COP(=O)(O)[C@@H]1[C@@H]2O)OC(n1cnc2c(=O)[nH]cnc21)[C@@H]3F. The molecule has 6 unspecified atom stereocenters. The van der Waals surface area contributed by atoms with Crippen LogP contribution in [0.5, 0.6) is 0 Å². The molecule has 3 fully saturated rings. The number of H-pyrrole nitrogens is 1. The summed E-state index contributed by atoms with van der Waals surface area (Å²) >= 11 is 0. The lowest BCUT2D eigenvalue weighted by molar-refractivity contribution is -0.0525. The molecule has 4 aromatic heterocycles. The smallest absolute Gasteiger partial charge is 0.389 e. The highest BCUT2D eigenvalue weighted by Crippen LogP contribution is 2.59. The number of rotatable bonds is 2. The molecule has 0 saturated carbocycles. The van der Waals surface area contributed by atoms with E-state index in [0.29, 0.717) is 0 Å². The molecule has 7 rings (SSSR count). The van der Waals surface area contributed by atoms with Gasteiger partial charge in [-0.3, -0.25) is 27.5 Å². The number of nitrogens with two attached hydrogens (primary N) is 1. The maximum atomic E-state index is 15.9. The van der Waals surface area contributed by atoms with Crippen LogP contribution in [0, 0.1) is 0 Å². The third-order valence-electron chi connectivity index (χ3n) is 7.36. The zero-order chi connectivity index (χ0) is 30.3. The maximum Gasteiger partial charge on any atom is 0.472 e. The van der Waals surface area contributed by atoms with Gasteiger partial charge in [0, 0.05) is 0 Å². The zero-order valence-electron chi connectivity index (χ0n) is 21.4. The number of fused-ring (bicyclic) bond motifs is 5. The summed E-state index contributed by atoms with van der Waals surface area (Å²) < 4.78 is 71.8. The van der Waals surface area contributed by atoms with Gasteiger partial charge >= 0.3 is 15.4 Å². The van der Waals surface area contributed by atoms with Crippen molar-refractivity contribution >= 4 is 43.6 Å². The number of ether oxygens (including phenoxy) is 2. The molecule has 10 atom stereocenters. The van der Waals surface area contributed by atoms with E-state index >= 15 is 4.39 Å². The van der Waals surface area contributed by atoms with Gasteiger partial charge in [0.1, 0.15) is 41.9 Å². The predicted molar refractivity (Wildman–Crippen MR) is 137 cm³/mol. The number of alkyl halides is 1. The van der Waals surface area contributed by atoms with Crippen LogP contribution >= 0.6 is 15.4 Å². The van der Waals surface area contributed by atoms with Crippen LogP contribution in [0.15, 0.2) is 30.1 Å². The third kappa shape index (κ3) is 4.69. The van der Waals surface area contributed by atoms with E-state index in [1.165, 1.54) is 10.9 Å². The molecule has 0 radical (unpaired) electrons. The molecule has 3 aliphatic rings. The molecule has 0 aliphatic carbocycles. The Morgan fingerprint density at radius 1 is 0.953 bits per heavy atom. The van der Waals surface area contributed by atoms with Crippen molar-refractivity contribution in [1.82, 2.24) is 39.0 Å². The number of nitrogen functional groups attached to an aromatic ring is 1. The number of aliphatic hydroxyl groups is 1. The van der Waals surface area contributed by atoms with E-state index < -0.39 is 82.9 Å². The van der Waals surface area contributed by atoms with Crippen molar-refractivity contribution < 1.29 is 51.5 Å². The number of aromatic nitrogens is 8. The lowest BCUT2D eigenvalue weighted by Gasteiger charge is -2.28. The number of aliphatic hydroxyl groups excluding tert-OH is 1. The molecule has 43 heavy (non-hydrogen) atoms. The van der Waals surface area contributed by atoms with Crippen molar-refractivity contribution in [3.05, 3.63) is 35.7 Å². The van der Waals surface area contributed by atoms with Gasteiger partial charge in [-0.25, -0.2) is 33.9 Å². The van der Waals surface area contributed by atoms with E-state index in [4.69, 9.17) is 28.8 Å². The molecule has 3 saturated heterocycles. The molecular formula is C20H22FN9O11P2. The standard InChI is InChI=1S/C20H22FN9O11P2/c21-9-13-8(40-19(9)29-6-28-11-17(29)25-4-26-18(11)32)2-37-42(33,34)14-12(31)7(1-38-43(35,36)41-13)39-20(14)30-5-27-10-15(22)23-3-24-16(10)30/h3-9,12-14,19-20,31H,1-2H2,(H,33,34)(H,35,36)(H2,22,23,24)(H,25,26,32)/t7?,8?,9-,12-,13-,14-,19?,20?/m1/s1. The number of imidazole rings is 2. The highest BCUT2D eigenvalue weighted by molar-refractivity contribution is 7.53. The molecule has 7 heterocycles. The number of hydrogen-bond donors (Lipinski definition) is 5. The first-order valence-electron chi connectivity index (χ1n) is 12.5. The molecular weight excluding hydrogens is 623 g/mol. The van der Waals surface area contributed by atoms with Gasteiger partial charge in [-0.1, -0.05) is 0 Å². The number of halogens is 1. The first-order valence-corrected chi connectivity index (χ1v) is 15.7. The van der Waals surface area contributed by atoms with Crippen LogP contribution < -0.4 is 11.3 Å². The van der Waals surface area contributed by atoms with Crippen molar-refractivity contribution in [2.24, 2.45) is 0 Å². The summed E-state index contributed by atoms with van der Waals surface area (Å²) in [5.41, 5.74) is 3.57. The monoisotopic (exact) mass is 645 g/mol. The highest BCUT2D eigenvalue weighted by atomic mass is 31.2. The van der Waals surface area contributed by atoms with Crippen LogP contribution in [0.4, 0.5) is 10.2 Å². The van der Waals surface area contributed by atoms with Crippen molar-refractivity contribution in [2.75, 3.05) is 18.9 Å². The molecule has 0 aromatic carbocycles. The van der Waals surface area contributed by atoms with E-state index in [2.05, 4.69) is 29.9 Å². The predicted octanol–water partition coefficient (Wildman–Crippen LogP) is -0.878. The molecule has 20 nitrogen and oxygen atoms in total. The number of phosphoric acid groups is 1. The van der Waals surface area contributed by atoms with E-state index in [1.807, 2.05) is 0 Å². The van der Waals surface area contributed by atoms with Gasteiger partial charge in [-0.05, 0) is 0 Å². The highest BCUT2D eigenvalue weighted by Gasteiger charge is 2.58. The van der Waals surface area contributed by atoms with Crippen LogP contribution in [0.3, 0.4) is 0 Å². The molecule has 0 amide bonds. The minimum atomic E-state index is -5.07. The molecule has 4 aromatic rings.